The highest BCUT2D eigenvalue weighted by Crippen LogP contribution is 2.35. The largest absolute Gasteiger partial charge is 0.294 e. The first-order valence-corrected chi connectivity index (χ1v) is 7.37. The maximum atomic E-state index is 12.5. The van der Waals surface area contributed by atoms with Crippen LogP contribution in [0.15, 0.2) is 18.2 Å². The molecule has 1 aromatic carbocycles. The molecule has 3 heteroatoms. The Morgan fingerprint density at radius 3 is 2.83 bits per heavy atom. The molecule has 0 radical (unpaired) electrons. The molecule has 0 aliphatic heterocycles. The van der Waals surface area contributed by atoms with Crippen LogP contribution in [-0.2, 0) is 0 Å². The van der Waals surface area contributed by atoms with Gasteiger partial charge in [0.15, 0.2) is 5.78 Å². The van der Waals surface area contributed by atoms with E-state index in [2.05, 4.69) is 6.92 Å². The van der Waals surface area contributed by atoms with Gasteiger partial charge in [-0.3, -0.25) is 4.79 Å². The third-order valence-corrected chi connectivity index (χ3v) is 4.77. The second kappa shape index (κ2) is 6.08. The van der Waals surface area contributed by atoms with E-state index in [1.807, 2.05) is 0 Å². The van der Waals surface area contributed by atoms with Crippen molar-refractivity contribution in [2.24, 2.45) is 11.8 Å². The van der Waals surface area contributed by atoms with Gasteiger partial charge in [0, 0.05) is 11.5 Å². The molecule has 1 fully saturated rings. The lowest BCUT2D eigenvalue weighted by atomic mass is 9.77. The van der Waals surface area contributed by atoms with Crippen LogP contribution in [0.5, 0.6) is 0 Å². The number of Topliss-reactive ketones (excluding diaryl/α,β-unsaturated/α-hetero) is 1. The van der Waals surface area contributed by atoms with Crippen molar-refractivity contribution in [3.05, 3.63) is 33.8 Å². The van der Waals surface area contributed by atoms with Crippen molar-refractivity contribution < 1.29 is 4.79 Å². The first-order valence-electron chi connectivity index (χ1n) is 6.61. The van der Waals surface area contributed by atoms with Crippen molar-refractivity contribution in [3.8, 4) is 0 Å². The number of rotatable bonds is 3. The van der Waals surface area contributed by atoms with Gasteiger partial charge >= 0.3 is 0 Å². The molecular weight excluding hydrogens is 267 g/mol. The molecule has 0 aromatic heterocycles. The average Bonchev–Trinajstić information content (AvgIpc) is 2.41. The van der Waals surface area contributed by atoms with Crippen molar-refractivity contribution in [1.29, 1.82) is 0 Å². The molecule has 1 aliphatic rings. The standard InChI is InChI=1S/C15H18Cl2O/c1-2-10-5-3-6-11(9-10)15(18)12-7-4-8-13(16)14(12)17/h4,7-8,10-11H,2-3,5-6,9H2,1H3. The Labute approximate surface area is 118 Å². The maximum Gasteiger partial charge on any atom is 0.167 e. The third-order valence-electron chi connectivity index (χ3n) is 3.95. The van der Waals surface area contributed by atoms with Gasteiger partial charge in [-0.05, 0) is 30.9 Å². The van der Waals surface area contributed by atoms with Gasteiger partial charge in [-0.25, -0.2) is 0 Å². The molecule has 0 amide bonds. The van der Waals surface area contributed by atoms with Crippen molar-refractivity contribution in [2.45, 2.75) is 39.0 Å². The molecule has 1 aliphatic carbocycles. The van der Waals surface area contributed by atoms with E-state index in [4.69, 9.17) is 23.2 Å². The summed E-state index contributed by atoms with van der Waals surface area (Å²) in [7, 11) is 0. The molecule has 0 spiro atoms. The van der Waals surface area contributed by atoms with Gasteiger partial charge in [-0.15, -0.1) is 0 Å². The number of hydrogen-bond donors (Lipinski definition) is 0. The Hall–Kier alpha value is -0.530. The van der Waals surface area contributed by atoms with Gasteiger partial charge in [0.25, 0.3) is 0 Å². The normalized spacial score (nSPS) is 23.9. The van der Waals surface area contributed by atoms with Gasteiger partial charge in [0.1, 0.15) is 0 Å². The lowest BCUT2D eigenvalue weighted by molar-refractivity contribution is 0.0862. The number of ketones is 1. The summed E-state index contributed by atoms with van der Waals surface area (Å²) in [6, 6.07) is 5.30. The van der Waals surface area contributed by atoms with E-state index in [0.29, 0.717) is 21.5 Å². The van der Waals surface area contributed by atoms with E-state index >= 15 is 0 Å². The molecule has 18 heavy (non-hydrogen) atoms. The topological polar surface area (TPSA) is 17.1 Å². The number of carbonyl (C=O) groups excluding carboxylic acids is 1. The smallest absolute Gasteiger partial charge is 0.167 e. The second-order valence-corrected chi connectivity index (χ2v) is 5.89. The summed E-state index contributed by atoms with van der Waals surface area (Å²) < 4.78 is 0. The van der Waals surface area contributed by atoms with Crippen LogP contribution in [0.2, 0.25) is 10.0 Å². The van der Waals surface area contributed by atoms with Crippen LogP contribution >= 0.6 is 23.2 Å². The molecule has 0 N–H and O–H groups in total. The Kier molecular flexibility index (Phi) is 4.69. The van der Waals surface area contributed by atoms with Gasteiger partial charge < -0.3 is 0 Å². The summed E-state index contributed by atoms with van der Waals surface area (Å²) in [5, 5.41) is 0.869. The Balaban J connectivity index is 2.18. The first kappa shape index (κ1) is 13.9. The molecule has 0 bridgehead atoms. The van der Waals surface area contributed by atoms with E-state index in [-0.39, 0.29) is 11.7 Å². The third kappa shape index (κ3) is 2.89. The van der Waals surface area contributed by atoms with E-state index in [1.54, 1.807) is 18.2 Å². The first-order chi connectivity index (χ1) is 8.63. The summed E-state index contributed by atoms with van der Waals surface area (Å²) in [6.07, 6.45) is 5.54. The number of carbonyl (C=O) groups is 1. The predicted octanol–water partition coefficient (Wildman–Crippen LogP) is 5.39. The zero-order chi connectivity index (χ0) is 13.1. The van der Waals surface area contributed by atoms with Crippen molar-refractivity contribution in [2.75, 3.05) is 0 Å². The van der Waals surface area contributed by atoms with Crippen LogP contribution in [0, 0.1) is 11.8 Å². The average molecular weight is 285 g/mol. The molecule has 2 rings (SSSR count). The Bertz CT molecular complexity index is 442. The summed E-state index contributed by atoms with van der Waals surface area (Å²) in [4.78, 5) is 12.5. The Morgan fingerprint density at radius 2 is 2.11 bits per heavy atom. The molecule has 1 saturated carbocycles. The van der Waals surface area contributed by atoms with E-state index < -0.39 is 0 Å². The monoisotopic (exact) mass is 284 g/mol. The van der Waals surface area contributed by atoms with Gasteiger partial charge in [-0.1, -0.05) is 55.5 Å². The quantitative estimate of drug-likeness (QED) is 0.680. The van der Waals surface area contributed by atoms with Gasteiger partial charge in [0.2, 0.25) is 0 Å². The highest BCUT2D eigenvalue weighted by molar-refractivity contribution is 6.43. The molecule has 0 saturated heterocycles. The zero-order valence-corrected chi connectivity index (χ0v) is 12.1. The molecule has 2 atom stereocenters. The van der Waals surface area contributed by atoms with Crippen LogP contribution in [0.25, 0.3) is 0 Å². The predicted molar refractivity (Wildman–Crippen MR) is 76.5 cm³/mol. The van der Waals surface area contributed by atoms with E-state index in [9.17, 15) is 4.79 Å². The lowest BCUT2D eigenvalue weighted by Gasteiger charge is -2.27. The van der Waals surface area contributed by atoms with Crippen molar-refractivity contribution >= 4 is 29.0 Å². The van der Waals surface area contributed by atoms with Gasteiger partial charge in [-0.2, -0.15) is 0 Å². The fourth-order valence-electron chi connectivity index (χ4n) is 2.81. The lowest BCUT2D eigenvalue weighted by Crippen LogP contribution is -2.23. The highest BCUT2D eigenvalue weighted by atomic mass is 35.5. The minimum absolute atomic E-state index is 0.125. The summed E-state index contributed by atoms with van der Waals surface area (Å²) in [5.74, 6) is 0.978. The minimum Gasteiger partial charge on any atom is -0.294 e. The van der Waals surface area contributed by atoms with Gasteiger partial charge in [0.05, 0.1) is 10.0 Å². The minimum atomic E-state index is 0.125. The molecule has 1 nitrogen and oxygen atoms in total. The SMILES string of the molecule is CCC1CCCC(C(=O)c2cccc(Cl)c2Cl)C1. The summed E-state index contributed by atoms with van der Waals surface area (Å²) >= 11 is 12.1. The summed E-state index contributed by atoms with van der Waals surface area (Å²) in [5.41, 5.74) is 0.589. The molecule has 1 aromatic rings. The van der Waals surface area contributed by atoms with Crippen LogP contribution in [0.1, 0.15) is 49.4 Å². The zero-order valence-electron chi connectivity index (χ0n) is 10.6. The fourth-order valence-corrected chi connectivity index (χ4v) is 3.21. The van der Waals surface area contributed by atoms with Crippen LogP contribution in [0.3, 0.4) is 0 Å². The number of halogens is 2. The molecule has 0 heterocycles. The van der Waals surface area contributed by atoms with Crippen LogP contribution in [-0.4, -0.2) is 5.78 Å². The maximum absolute atomic E-state index is 12.5. The van der Waals surface area contributed by atoms with Crippen LogP contribution in [0.4, 0.5) is 0 Å². The highest BCUT2D eigenvalue weighted by Gasteiger charge is 2.28. The van der Waals surface area contributed by atoms with E-state index in [0.717, 1.165) is 25.7 Å². The van der Waals surface area contributed by atoms with Crippen molar-refractivity contribution in [3.63, 3.8) is 0 Å². The fraction of sp³-hybridized carbons (Fsp3) is 0.533. The molecule has 98 valence electrons. The molecule has 2 unspecified atom stereocenters. The second-order valence-electron chi connectivity index (χ2n) is 5.10. The number of benzene rings is 1. The van der Waals surface area contributed by atoms with E-state index in [1.165, 1.54) is 6.42 Å². The Morgan fingerprint density at radius 1 is 1.33 bits per heavy atom. The number of hydrogen-bond acceptors (Lipinski definition) is 1. The summed E-state index contributed by atoms with van der Waals surface area (Å²) in [6.45, 7) is 2.20. The van der Waals surface area contributed by atoms with Crippen molar-refractivity contribution in [1.82, 2.24) is 0 Å². The van der Waals surface area contributed by atoms with Crippen LogP contribution < -0.4 is 0 Å². The molecular formula is C15H18Cl2O.